The Morgan fingerprint density at radius 1 is 1.07 bits per heavy atom. The van der Waals surface area contributed by atoms with Crippen molar-refractivity contribution in [3.05, 3.63) is 70.6 Å². The van der Waals surface area contributed by atoms with E-state index in [-0.39, 0.29) is 18.0 Å². The van der Waals surface area contributed by atoms with E-state index < -0.39 is 17.2 Å². The average Bonchev–Trinajstić information content (AvgIpc) is 3.16. The molecule has 0 saturated heterocycles. The molecule has 3 aromatic rings. The number of benzene rings is 2. The Balaban J connectivity index is 1.53. The normalized spacial score (nSPS) is 19.8. The predicted molar refractivity (Wildman–Crippen MR) is 107 cm³/mol. The van der Waals surface area contributed by atoms with Crippen LogP contribution in [0.25, 0.3) is 10.2 Å². The molecule has 0 N–H and O–H groups in total. The van der Waals surface area contributed by atoms with E-state index in [0.717, 1.165) is 34.1 Å². The summed E-state index contributed by atoms with van der Waals surface area (Å²) >= 11 is 2.59. The minimum Gasteiger partial charge on any atom is -0.294 e. The molecule has 0 amide bonds. The Labute approximate surface area is 172 Å². The zero-order chi connectivity index (χ0) is 20.8. The highest BCUT2D eigenvalue weighted by atomic mass is 32.2. The van der Waals surface area contributed by atoms with Crippen molar-refractivity contribution in [1.29, 1.82) is 0 Å². The number of halogens is 3. The summed E-state index contributed by atoms with van der Waals surface area (Å²) in [6, 6.07) is 12.1. The second-order valence-electron chi connectivity index (χ2n) is 6.96. The lowest BCUT2D eigenvalue weighted by Crippen LogP contribution is -2.33. The number of carbonyl (C=O) groups is 2. The van der Waals surface area contributed by atoms with Crippen LogP contribution in [0.15, 0.2) is 63.9 Å². The average molecular weight is 433 g/mol. The van der Waals surface area contributed by atoms with E-state index in [9.17, 15) is 22.8 Å². The third-order valence-electron chi connectivity index (χ3n) is 4.84. The molecule has 1 aromatic heterocycles. The fraction of sp³-hybridized carbons (Fsp3) is 0.190. The summed E-state index contributed by atoms with van der Waals surface area (Å²) in [6.45, 7) is 1.54. The van der Waals surface area contributed by atoms with E-state index in [1.807, 2.05) is 24.3 Å². The van der Waals surface area contributed by atoms with E-state index in [0.29, 0.717) is 14.8 Å². The first-order valence-corrected chi connectivity index (χ1v) is 10.3. The maximum Gasteiger partial charge on any atom is 0.416 e. The smallest absolute Gasteiger partial charge is 0.294 e. The molecule has 3 nitrogen and oxygen atoms in total. The van der Waals surface area contributed by atoms with Crippen molar-refractivity contribution in [2.45, 2.75) is 23.9 Å². The topological polar surface area (TPSA) is 47.0 Å². The highest BCUT2D eigenvalue weighted by Crippen LogP contribution is 2.43. The number of carbonyl (C=O) groups excluding carboxylic acids is 2. The Kier molecular flexibility index (Phi) is 4.86. The number of nitrogens with zero attached hydrogens (tertiary/aromatic N) is 1. The maximum absolute atomic E-state index is 13.0. The van der Waals surface area contributed by atoms with Crippen LogP contribution in [0.1, 0.15) is 18.1 Å². The number of para-hydroxylation sites is 1. The van der Waals surface area contributed by atoms with Gasteiger partial charge in [-0.2, -0.15) is 13.2 Å². The minimum absolute atomic E-state index is 0.0448. The summed E-state index contributed by atoms with van der Waals surface area (Å²) in [5, 5.41) is 0. The molecule has 0 saturated carbocycles. The Bertz CT molecular complexity index is 1120. The lowest BCUT2D eigenvalue weighted by Gasteiger charge is -2.21. The number of thioether (sulfide) groups is 1. The molecule has 0 bridgehead atoms. The second-order valence-corrected chi connectivity index (χ2v) is 9.27. The number of thiazole rings is 1. The van der Waals surface area contributed by atoms with Crippen molar-refractivity contribution in [2.75, 3.05) is 0 Å². The van der Waals surface area contributed by atoms with Gasteiger partial charge in [0.2, 0.25) is 0 Å². The van der Waals surface area contributed by atoms with Crippen LogP contribution < -0.4 is 0 Å². The summed E-state index contributed by atoms with van der Waals surface area (Å²) in [4.78, 5) is 30.4. The van der Waals surface area contributed by atoms with Crippen molar-refractivity contribution < 1.29 is 22.8 Å². The molecule has 4 rings (SSSR count). The van der Waals surface area contributed by atoms with Crippen LogP contribution in [0.4, 0.5) is 13.2 Å². The summed E-state index contributed by atoms with van der Waals surface area (Å²) in [5.41, 5.74) is -0.758. The van der Waals surface area contributed by atoms with Crippen molar-refractivity contribution in [2.24, 2.45) is 5.41 Å². The zero-order valence-corrected chi connectivity index (χ0v) is 16.8. The molecule has 0 aliphatic heterocycles. The SMILES string of the molecule is C[C@@]1(Cc2ccc(C(F)(F)F)cc2)C(=O)C=C(Sc2nc3ccccc3s2)C1=O. The molecule has 0 unspecified atom stereocenters. The van der Waals surface area contributed by atoms with E-state index in [1.54, 1.807) is 0 Å². The van der Waals surface area contributed by atoms with Gasteiger partial charge < -0.3 is 0 Å². The number of allylic oxidation sites excluding steroid dienone is 2. The van der Waals surface area contributed by atoms with Gasteiger partial charge in [-0.25, -0.2) is 4.98 Å². The van der Waals surface area contributed by atoms with E-state index in [4.69, 9.17) is 0 Å². The molecular weight excluding hydrogens is 419 g/mol. The molecule has 0 radical (unpaired) electrons. The van der Waals surface area contributed by atoms with Gasteiger partial charge in [-0.3, -0.25) is 9.59 Å². The third kappa shape index (κ3) is 3.74. The van der Waals surface area contributed by atoms with E-state index in [1.165, 1.54) is 36.5 Å². The largest absolute Gasteiger partial charge is 0.416 e. The monoisotopic (exact) mass is 433 g/mol. The van der Waals surface area contributed by atoms with Crippen LogP contribution in [0, 0.1) is 5.41 Å². The van der Waals surface area contributed by atoms with Gasteiger partial charge in [0.05, 0.1) is 26.1 Å². The summed E-state index contributed by atoms with van der Waals surface area (Å²) in [6.07, 6.45) is -3.06. The molecule has 148 valence electrons. The number of fused-ring (bicyclic) bond motifs is 1. The predicted octanol–water partition coefficient (Wildman–Crippen LogP) is 5.69. The number of ketones is 2. The van der Waals surface area contributed by atoms with Gasteiger partial charge in [-0.1, -0.05) is 36.0 Å². The van der Waals surface area contributed by atoms with Crippen LogP contribution in [0.5, 0.6) is 0 Å². The first-order chi connectivity index (χ1) is 13.7. The quantitative estimate of drug-likeness (QED) is 0.496. The Hall–Kier alpha value is -2.45. The van der Waals surface area contributed by atoms with E-state index in [2.05, 4.69) is 4.98 Å². The molecule has 0 spiro atoms. The van der Waals surface area contributed by atoms with Crippen molar-refractivity contribution in [1.82, 2.24) is 4.98 Å². The second kappa shape index (κ2) is 7.11. The van der Waals surface area contributed by atoms with E-state index >= 15 is 0 Å². The minimum atomic E-state index is -4.43. The molecule has 0 fully saturated rings. The molecule has 1 aliphatic carbocycles. The number of hydrogen-bond donors (Lipinski definition) is 0. The number of Topliss-reactive ketones (excluding diaryl/α,β-unsaturated/α-hetero) is 1. The number of rotatable bonds is 4. The molecule has 1 atom stereocenters. The highest BCUT2D eigenvalue weighted by molar-refractivity contribution is 8.05. The van der Waals surface area contributed by atoms with Crippen molar-refractivity contribution in [3.63, 3.8) is 0 Å². The number of aromatic nitrogens is 1. The molecular formula is C21H14F3NO2S2. The van der Waals surface area contributed by atoms with Gasteiger partial charge in [0.25, 0.3) is 0 Å². The van der Waals surface area contributed by atoms with Gasteiger partial charge in [-0.05, 0) is 49.2 Å². The van der Waals surface area contributed by atoms with Crippen molar-refractivity contribution in [3.8, 4) is 0 Å². The molecule has 1 aliphatic rings. The van der Waals surface area contributed by atoms with Crippen LogP contribution in [-0.2, 0) is 22.2 Å². The van der Waals surface area contributed by atoms with Gasteiger partial charge in [0.15, 0.2) is 15.9 Å². The van der Waals surface area contributed by atoms with Crippen LogP contribution in [0.2, 0.25) is 0 Å². The van der Waals surface area contributed by atoms with Gasteiger partial charge in [0, 0.05) is 0 Å². The number of hydrogen-bond acceptors (Lipinski definition) is 5. The van der Waals surface area contributed by atoms with Crippen LogP contribution >= 0.6 is 23.1 Å². The van der Waals surface area contributed by atoms with Gasteiger partial charge in [-0.15, -0.1) is 11.3 Å². The summed E-state index contributed by atoms with van der Waals surface area (Å²) in [7, 11) is 0. The zero-order valence-electron chi connectivity index (χ0n) is 15.1. The Morgan fingerprint density at radius 2 is 1.76 bits per heavy atom. The number of alkyl halides is 3. The standard InChI is InChI=1S/C21H14F3NO2S2/c1-20(11-12-6-8-13(9-7-12)21(22,23)24)17(26)10-16(18(20)27)29-19-25-14-4-2-3-5-15(14)28-19/h2-10H,11H2,1H3/t20-/m1/s1. The lowest BCUT2D eigenvalue weighted by molar-refractivity contribution is -0.137. The fourth-order valence-electron chi connectivity index (χ4n) is 3.18. The summed E-state index contributed by atoms with van der Waals surface area (Å²) in [5.74, 6) is -0.669. The van der Waals surface area contributed by atoms with Gasteiger partial charge in [0.1, 0.15) is 0 Å². The van der Waals surface area contributed by atoms with Crippen LogP contribution in [-0.4, -0.2) is 16.6 Å². The van der Waals surface area contributed by atoms with Crippen molar-refractivity contribution >= 4 is 44.9 Å². The lowest BCUT2D eigenvalue weighted by atomic mass is 9.79. The van der Waals surface area contributed by atoms with Gasteiger partial charge >= 0.3 is 6.18 Å². The molecule has 1 heterocycles. The first-order valence-electron chi connectivity index (χ1n) is 8.67. The molecule has 29 heavy (non-hydrogen) atoms. The molecule has 2 aromatic carbocycles. The first kappa shape index (κ1) is 19.8. The third-order valence-corrected chi connectivity index (χ3v) is 6.96. The van der Waals surface area contributed by atoms with Crippen LogP contribution in [0.3, 0.4) is 0 Å². The maximum atomic E-state index is 13.0. The summed E-state index contributed by atoms with van der Waals surface area (Å²) < 4.78 is 39.9. The fourth-order valence-corrected chi connectivity index (χ4v) is 5.40. The Morgan fingerprint density at radius 3 is 2.41 bits per heavy atom. The highest BCUT2D eigenvalue weighted by Gasteiger charge is 2.46. The molecule has 8 heteroatoms.